The lowest BCUT2D eigenvalue weighted by Crippen LogP contribution is -2.11. The molecule has 1 saturated carbocycles. The van der Waals surface area contributed by atoms with Gasteiger partial charge in [0.1, 0.15) is 23.1 Å². The van der Waals surface area contributed by atoms with Crippen molar-refractivity contribution >= 4 is 5.97 Å². The molecule has 3 rings (SSSR count). The van der Waals surface area contributed by atoms with Crippen LogP contribution in [0.1, 0.15) is 36.0 Å². The molecule has 0 aromatic heterocycles. The number of carboxylic acids is 1. The van der Waals surface area contributed by atoms with Gasteiger partial charge in [-0.3, -0.25) is 0 Å². The Kier molecular flexibility index (Phi) is 4.46. The lowest BCUT2D eigenvalue weighted by molar-refractivity contribution is 0.0695. The molecule has 4 nitrogen and oxygen atoms in total. The highest BCUT2D eigenvalue weighted by Gasteiger charge is 2.18. The number of carbonyl (C=O) groups is 1. The van der Waals surface area contributed by atoms with E-state index in [2.05, 4.69) is 0 Å². The normalized spacial score (nSPS) is 14.7. The number of rotatable bonds is 5. The molecule has 0 amide bonds. The van der Waals surface area contributed by atoms with E-state index in [0.29, 0.717) is 17.2 Å². The van der Waals surface area contributed by atoms with Gasteiger partial charge in [-0.25, -0.2) is 9.18 Å². The summed E-state index contributed by atoms with van der Waals surface area (Å²) < 4.78 is 24.4. The summed E-state index contributed by atoms with van der Waals surface area (Å²) in [6.45, 7) is 0. The van der Waals surface area contributed by atoms with Crippen molar-refractivity contribution in [2.75, 3.05) is 0 Å². The first-order valence-electron chi connectivity index (χ1n) is 7.58. The van der Waals surface area contributed by atoms with Crippen LogP contribution >= 0.6 is 0 Å². The van der Waals surface area contributed by atoms with E-state index in [9.17, 15) is 14.3 Å². The molecule has 0 heterocycles. The van der Waals surface area contributed by atoms with Crippen LogP contribution in [0.2, 0.25) is 0 Å². The van der Waals surface area contributed by atoms with Crippen LogP contribution < -0.4 is 9.47 Å². The van der Waals surface area contributed by atoms with E-state index in [-0.39, 0.29) is 17.5 Å². The predicted molar refractivity (Wildman–Crippen MR) is 82.8 cm³/mol. The van der Waals surface area contributed by atoms with Gasteiger partial charge in [0.2, 0.25) is 0 Å². The fraction of sp³-hybridized carbons (Fsp3) is 0.278. The highest BCUT2D eigenvalue weighted by Crippen LogP contribution is 2.30. The molecule has 2 aromatic carbocycles. The van der Waals surface area contributed by atoms with Gasteiger partial charge < -0.3 is 14.6 Å². The van der Waals surface area contributed by atoms with Crippen LogP contribution in [0.5, 0.6) is 17.2 Å². The topological polar surface area (TPSA) is 55.8 Å². The van der Waals surface area contributed by atoms with Crippen molar-refractivity contribution in [3.05, 3.63) is 53.8 Å². The lowest BCUT2D eigenvalue weighted by atomic mass is 10.2. The molecular formula is C18H17FO4. The van der Waals surface area contributed by atoms with E-state index < -0.39 is 5.97 Å². The molecule has 0 atom stereocenters. The van der Waals surface area contributed by atoms with Gasteiger partial charge >= 0.3 is 5.97 Å². The van der Waals surface area contributed by atoms with E-state index in [1.165, 1.54) is 36.4 Å². The molecule has 1 fully saturated rings. The Balaban J connectivity index is 1.84. The van der Waals surface area contributed by atoms with E-state index in [0.717, 1.165) is 25.7 Å². The summed E-state index contributed by atoms with van der Waals surface area (Å²) in [6.07, 6.45) is 4.33. The van der Waals surface area contributed by atoms with Crippen molar-refractivity contribution in [1.29, 1.82) is 0 Å². The molecule has 1 aliphatic carbocycles. The molecule has 0 spiro atoms. The lowest BCUT2D eigenvalue weighted by Gasteiger charge is -2.15. The number of carboxylic acid groups (broad SMARTS) is 1. The van der Waals surface area contributed by atoms with Crippen LogP contribution in [0.25, 0.3) is 0 Å². The molecule has 0 saturated heterocycles. The molecule has 0 unspecified atom stereocenters. The maximum atomic E-state index is 12.9. The minimum Gasteiger partial charge on any atom is -0.490 e. The summed E-state index contributed by atoms with van der Waals surface area (Å²) >= 11 is 0. The Labute approximate surface area is 133 Å². The summed E-state index contributed by atoms with van der Waals surface area (Å²) in [5, 5.41) is 9.24. The SMILES string of the molecule is O=C(O)c1cc(Oc2ccc(F)cc2)cc(OC2CCCC2)c1. The largest absolute Gasteiger partial charge is 0.490 e. The van der Waals surface area contributed by atoms with E-state index >= 15 is 0 Å². The molecule has 23 heavy (non-hydrogen) atoms. The van der Waals surface area contributed by atoms with Crippen molar-refractivity contribution in [3.63, 3.8) is 0 Å². The number of halogens is 1. The van der Waals surface area contributed by atoms with Crippen LogP contribution in [0.4, 0.5) is 4.39 Å². The summed E-state index contributed by atoms with van der Waals surface area (Å²) in [7, 11) is 0. The maximum Gasteiger partial charge on any atom is 0.335 e. The number of benzene rings is 2. The van der Waals surface area contributed by atoms with Crippen molar-refractivity contribution < 1.29 is 23.8 Å². The van der Waals surface area contributed by atoms with Gasteiger partial charge in [0, 0.05) is 6.07 Å². The van der Waals surface area contributed by atoms with Gasteiger partial charge in [-0.05, 0) is 62.1 Å². The molecule has 0 aliphatic heterocycles. The smallest absolute Gasteiger partial charge is 0.335 e. The number of hydrogen-bond acceptors (Lipinski definition) is 3. The second kappa shape index (κ2) is 6.69. The van der Waals surface area contributed by atoms with Crippen LogP contribution in [0.3, 0.4) is 0 Å². The number of hydrogen-bond donors (Lipinski definition) is 1. The molecule has 5 heteroatoms. The third kappa shape index (κ3) is 4.00. The second-order valence-corrected chi connectivity index (χ2v) is 5.58. The van der Waals surface area contributed by atoms with Gasteiger partial charge in [-0.15, -0.1) is 0 Å². The molecule has 2 aromatic rings. The first-order valence-corrected chi connectivity index (χ1v) is 7.58. The van der Waals surface area contributed by atoms with Crippen LogP contribution in [-0.2, 0) is 0 Å². The predicted octanol–water partition coefficient (Wildman–Crippen LogP) is 4.64. The van der Waals surface area contributed by atoms with Gasteiger partial charge in [0.15, 0.2) is 0 Å². The van der Waals surface area contributed by atoms with Crippen molar-refractivity contribution in [2.24, 2.45) is 0 Å². The summed E-state index contributed by atoms with van der Waals surface area (Å²) in [4.78, 5) is 11.3. The second-order valence-electron chi connectivity index (χ2n) is 5.58. The monoisotopic (exact) mass is 316 g/mol. The minimum atomic E-state index is -1.05. The Morgan fingerprint density at radius 3 is 2.30 bits per heavy atom. The Morgan fingerprint density at radius 2 is 1.65 bits per heavy atom. The van der Waals surface area contributed by atoms with Crippen LogP contribution in [0.15, 0.2) is 42.5 Å². The van der Waals surface area contributed by atoms with Crippen LogP contribution in [-0.4, -0.2) is 17.2 Å². The molecule has 0 bridgehead atoms. The van der Waals surface area contributed by atoms with E-state index in [1.807, 2.05) is 0 Å². The van der Waals surface area contributed by atoms with Crippen molar-refractivity contribution in [2.45, 2.75) is 31.8 Å². The quantitative estimate of drug-likeness (QED) is 0.873. The molecule has 1 N–H and O–H groups in total. The van der Waals surface area contributed by atoms with Crippen molar-refractivity contribution in [3.8, 4) is 17.2 Å². The third-order valence-corrected chi connectivity index (χ3v) is 3.78. The van der Waals surface area contributed by atoms with Crippen LogP contribution in [0, 0.1) is 5.82 Å². The highest BCUT2D eigenvalue weighted by molar-refractivity contribution is 5.88. The summed E-state index contributed by atoms with van der Waals surface area (Å²) in [6, 6.07) is 10.1. The van der Waals surface area contributed by atoms with E-state index in [4.69, 9.17) is 9.47 Å². The van der Waals surface area contributed by atoms with Gasteiger partial charge in [-0.1, -0.05) is 0 Å². The number of aromatic carboxylic acids is 1. The Hall–Kier alpha value is -2.56. The summed E-state index contributed by atoms with van der Waals surface area (Å²) in [5.74, 6) is -0.146. The molecule has 0 radical (unpaired) electrons. The van der Waals surface area contributed by atoms with Gasteiger partial charge in [0.05, 0.1) is 11.7 Å². The Bertz CT molecular complexity index is 691. The molecular weight excluding hydrogens is 299 g/mol. The molecule has 120 valence electrons. The highest BCUT2D eigenvalue weighted by atomic mass is 19.1. The average molecular weight is 316 g/mol. The van der Waals surface area contributed by atoms with Gasteiger partial charge in [0.25, 0.3) is 0 Å². The minimum absolute atomic E-state index is 0.0950. The zero-order valence-corrected chi connectivity index (χ0v) is 12.5. The zero-order chi connectivity index (χ0) is 16.2. The zero-order valence-electron chi connectivity index (χ0n) is 12.5. The fourth-order valence-corrected chi connectivity index (χ4v) is 2.66. The maximum absolute atomic E-state index is 12.9. The van der Waals surface area contributed by atoms with Crippen molar-refractivity contribution in [1.82, 2.24) is 0 Å². The Morgan fingerprint density at radius 1 is 1.00 bits per heavy atom. The first kappa shape index (κ1) is 15.3. The standard InChI is InChI=1S/C18H17FO4/c19-13-5-7-15(8-6-13)23-17-10-12(18(20)21)9-16(11-17)22-14-3-1-2-4-14/h5-11,14H,1-4H2,(H,20,21). The fourth-order valence-electron chi connectivity index (χ4n) is 2.66. The summed E-state index contributed by atoms with van der Waals surface area (Å²) in [5.41, 5.74) is 0.0950. The van der Waals surface area contributed by atoms with Gasteiger partial charge in [-0.2, -0.15) is 0 Å². The molecule has 1 aliphatic rings. The van der Waals surface area contributed by atoms with E-state index in [1.54, 1.807) is 6.07 Å². The number of ether oxygens (including phenoxy) is 2. The average Bonchev–Trinajstić information content (AvgIpc) is 3.02. The first-order chi connectivity index (χ1) is 11.1. The third-order valence-electron chi connectivity index (χ3n) is 3.78.